The van der Waals surface area contributed by atoms with Crippen LogP contribution < -0.4 is 10.1 Å². The lowest BCUT2D eigenvalue weighted by Crippen LogP contribution is -2.27. The van der Waals surface area contributed by atoms with Gasteiger partial charge in [0.1, 0.15) is 5.75 Å². The molecule has 0 radical (unpaired) electrons. The molecule has 5 heteroatoms. The van der Waals surface area contributed by atoms with Crippen LogP contribution in [0.1, 0.15) is 12.5 Å². The summed E-state index contributed by atoms with van der Waals surface area (Å²) in [7, 11) is 0.880. The number of rotatable bonds is 6. The van der Waals surface area contributed by atoms with E-state index in [0.717, 1.165) is 23.3 Å². The minimum atomic E-state index is -0.769. The van der Waals surface area contributed by atoms with E-state index in [1.54, 1.807) is 13.4 Å². The molecule has 0 aromatic heterocycles. The van der Waals surface area contributed by atoms with Gasteiger partial charge < -0.3 is 10.1 Å². The predicted molar refractivity (Wildman–Crippen MR) is 75.9 cm³/mol. The Bertz CT molecular complexity index is 398. The Labute approximate surface area is 114 Å². The molecule has 17 heavy (non-hydrogen) atoms. The molecule has 0 bridgehead atoms. The zero-order valence-electron chi connectivity index (χ0n) is 10.3. The number of nitrogens with one attached hydrogen (secondary N) is 1. The Kier molecular flexibility index (Phi) is 6.16. The van der Waals surface area contributed by atoms with E-state index >= 15 is 0 Å². The average Bonchev–Trinajstić information content (AvgIpc) is 2.29. The van der Waals surface area contributed by atoms with Gasteiger partial charge in [-0.15, -0.1) is 0 Å². The first-order valence-electron chi connectivity index (χ1n) is 5.40. The molecule has 0 aliphatic carbocycles. The summed E-state index contributed by atoms with van der Waals surface area (Å²) in [6.07, 6.45) is 1.73. The summed E-state index contributed by atoms with van der Waals surface area (Å²) in [4.78, 5) is 0. The van der Waals surface area contributed by atoms with Gasteiger partial charge in [0.15, 0.2) is 0 Å². The second kappa shape index (κ2) is 7.13. The Morgan fingerprint density at radius 2 is 2.24 bits per heavy atom. The molecule has 1 aromatic rings. The average molecular weight is 320 g/mol. The molecule has 0 saturated carbocycles. The van der Waals surface area contributed by atoms with Gasteiger partial charge in [-0.2, -0.15) is 0 Å². The van der Waals surface area contributed by atoms with Gasteiger partial charge in [-0.1, -0.05) is 6.07 Å². The van der Waals surface area contributed by atoms with Crippen molar-refractivity contribution in [2.24, 2.45) is 0 Å². The molecular formula is C12H18BrNO2S. The van der Waals surface area contributed by atoms with Gasteiger partial charge in [-0.05, 0) is 40.5 Å². The molecular weight excluding hydrogens is 302 g/mol. The van der Waals surface area contributed by atoms with Crippen molar-refractivity contribution in [3.8, 4) is 5.75 Å². The number of ether oxygens (including phenoxy) is 1. The summed E-state index contributed by atoms with van der Waals surface area (Å²) in [5, 5.41) is 3.47. The molecule has 0 saturated heterocycles. The van der Waals surface area contributed by atoms with E-state index in [9.17, 15) is 4.21 Å². The number of hydrogen-bond donors (Lipinski definition) is 1. The van der Waals surface area contributed by atoms with E-state index < -0.39 is 10.8 Å². The zero-order valence-corrected chi connectivity index (χ0v) is 12.7. The lowest BCUT2D eigenvalue weighted by molar-refractivity contribution is 0.412. The standard InChI is InChI=1S/C12H18BrNO2S/c1-9(17(3)15)7-14-8-10-4-5-12(16-2)11(13)6-10/h4-6,9,14H,7-8H2,1-3H3. The highest BCUT2D eigenvalue weighted by molar-refractivity contribution is 9.10. The third-order valence-corrected chi connectivity index (χ3v) is 4.46. The first-order chi connectivity index (χ1) is 8.04. The maximum absolute atomic E-state index is 11.2. The Morgan fingerprint density at radius 1 is 1.53 bits per heavy atom. The van der Waals surface area contributed by atoms with Crippen molar-refractivity contribution in [1.29, 1.82) is 0 Å². The Morgan fingerprint density at radius 3 is 2.76 bits per heavy atom. The van der Waals surface area contributed by atoms with Crippen molar-refractivity contribution in [2.45, 2.75) is 18.7 Å². The van der Waals surface area contributed by atoms with Crippen molar-refractivity contribution in [3.05, 3.63) is 28.2 Å². The summed E-state index contributed by atoms with van der Waals surface area (Å²) in [6, 6.07) is 5.98. The number of hydrogen-bond acceptors (Lipinski definition) is 3. The Balaban J connectivity index is 2.47. The molecule has 0 aliphatic heterocycles. The van der Waals surface area contributed by atoms with Gasteiger partial charge in [0, 0.05) is 35.4 Å². The second-order valence-corrected chi connectivity index (χ2v) is 6.57. The smallest absolute Gasteiger partial charge is 0.133 e. The van der Waals surface area contributed by atoms with Crippen molar-refractivity contribution in [2.75, 3.05) is 19.9 Å². The summed E-state index contributed by atoms with van der Waals surface area (Å²) in [5.41, 5.74) is 1.17. The van der Waals surface area contributed by atoms with Crippen molar-refractivity contribution >= 4 is 26.7 Å². The highest BCUT2D eigenvalue weighted by atomic mass is 79.9. The molecule has 0 heterocycles. The van der Waals surface area contributed by atoms with E-state index in [0.29, 0.717) is 0 Å². The molecule has 1 N–H and O–H groups in total. The van der Waals surface area contributed by atoms with Crippen LogP contribution >= 0.6 is 15.9 Å². The van der Waals surface area contributed by atoms with Crippen LogP contribution in [0.5, 0.6) is 5.75 Å². The van der Waals surface area contributed by atoms with Crippen LogP contribution in [0.2, 0.25) is 0 Å². The molecule has 0 amide bonds. The minimum absolute atomic E-state index is 0.177. The third-order valence-electron chi connectivity index (χ3n) is 2.54. The van der Waals surface area contributed by atoms with Crippen LogP contribution in [0.3, 0.4) is 0 Å². The fourth-order valence-electron chi connectivity index (χ4n) is 1.36. The van der Waals surface area contributed by atoms with Crippen LogP contribution in [0, 0.1) is 0 Å². The van der Waals surface area contributed by atoms with Crippen LogP contribution in [0.25, 0.3) is 0 Å². The second-order valence-electron chi connectivity index (χ2n) is 3.91. The number of benzene rings is 1. The summed E-state index contributed by atoms with van der Waals surface area (Å²) in [6.45, 7) is 3.50. The molecule has 1 aromatic carbocycles. The van der Waals surface area contributed by atoms with Crippen LogP contribution in [-0.2, 0) is 17.3 Å². The van der Waals surface area contributed by atoms with Crippen molar-refractivity contribution < 1.29 is 8.95 Å². The molecule has 2 atom stereocenters. The highest BCUT2D eigenvalue weighted by Gasteiger charge is 2.05. The van der Waals surface area contributed by atoms with E-state index in [2.05, 4.69) is 21.2 Å². The van der Waals surface area contributed by atoms with Crippen LogP contribution in [0.4, 0.5) is 0 Å². The highest BCUT2D eigenvalue weighted by Crippen LogP contribution is 2.25. The quantitative estimate of drug-likeness (QED) is 0.874. The van der Waals surface area contributed by atoms with E-state index in [4.69, 9.17) is 4.74 Å². The zero-order chi connectivity index (χ0) is 12.8. The SMILES string of the molecule is COc1ccc(CNCC(C)S(C)=O)cc1Br. The molecule has 0 fully saturated rings. The van der Waals surface area contributed by atoms with Gasteiger partial charge in [0.2, 0.25) is 0 Å². The number of methoxy groups -OCH3 is 1. The fraction of sp³-hybridized carbons (Fsp3) is 0.500. The van der Waals surface area contributed by atoms with E-state index in [1.807, 2.05) is 25.1 Å². The first kappa shape index (κ1) is 14.7. The molecule has 2 unspecified atom stereocenters. The summed E-state index contributed by atoms with van der Waals surface area (Å²) in [5.74, 6) is 0.830. The molecule has 96 valence electrons. The molecule has 0 aliphatic rings. The lowest BCUT2D eigenvalue weighted by atomic mass is 10.2. The van der Waals surface area contributed by atoms with Crippen LogP contribution in [0.15, 0.2) is 22.7 Å². The Hall–Kier alpha value is -0.390. The van der Waals surface area contributed by atoms with E-state index in [-0.39, 0.29) is 5.25 Å². The number of halogens is 1. The maximum Gasteiger partial charge on any atom is 0.133 e. The topological polar surface area (TPSA) is 38.3 Å². The fourth-order valence-corrected chi connectivity index (χ4v) is 2.30. The van der Waals surface area contributed by atoms with Gasteiger partial charge in [0.05, 0.1) is 11.6 Å². The largest absolute Gasteiger partial charge is 0.496 e. The summed E-state index contributed by atoms with van der Waals surface area (Å²) < 4.78 is 17.3. The lowest BCUT2D eigenvalue weighted by Gasteiger charge is -2.11. The maximum atomic E-state index is 11.2. The molecule has 0 spiro atoms. The molecule has 3 nitrogen and oxygen atoms in total. The molecule has 1 rings (SSSR count). The van der Waals surface area contributed by atoms with Gasteiger partial charge in [-0.3, -0.25) is 4.21 Å². The van der Waals surface area contributed by atoms with E-state index in [1.165, 1.54) is 5.56 Å². The van der Waals surface area contributed by atoms with Gasteiger partial charge in [0.25, 0.3) is 0 Å². The van der Waals surface area contributed by atoms with Crippen molar-refractivity contribution in [1.82, 2.24) is 5.32 Å². The minimum Gasteiger partial charge on any atom is -0.496 e. The summed E-state index contributed by atoms with van der Waals surface area (Å²) >= 11 is 3.45. The monoisotopic (exact) mass is 319 g/mol. The normalized spacial score (nSPS) is 14.4. The van der Waals surface area contributed by atoms with Crippen molar-refractivity contribution in [3.63, 3.8) is 0 Å². The first-order valence-corrected chi connectivity index (χ1v) is 7.81. The van der Waals surface area contributed by atoms with Gasteiger partial charge in [-0.25, -0.2) is 0 Å². The third kappa shape index (κ3) is 4.77. The predicted octanol–water partition coefficient (Wildman–Crippen LogP) is 2.31. The van der Waals surface area contributed by atoms with Crippen LogP contribution in [-0.4, -0.2) is 29.4 Å². The van der Waals surface area contributed by atoms with Gasteiger partial charge >= 0.3 is 0 Å².